The van der Waals surface area contributed by atoms with Crippen LogP contribution in [0.15, 0.2) is 23.6 Å². The Morgan fingerprint density at radius 1 is 1.21 bits per heavy atom. The number of hydrogen-bond acceptors (Lipinski definition) is 8. The molecule has 3 rings (SSSR count). The first-order chi connectivity index (χ1) is 19.8. The van der Waals surface area contributed by atoms with E-state index in [-0.39, 0.29) is 35.9 Å². The standard InChI is InChI=1S/C31H44N4O6S/c1-7-18(5)11-28(37)35(8-2)26(17(3)4)15-27(41-19(6)36)30-34-25(16-42-30)29(38)33-22-12-20-9-10-21(32)13-23(20)24(14-22)31(39)40/h9-10,13,16-18,22,24,26-27H,7-8,11-12,14-15,32H2,1-6H3,(H,33,38)(H,39,40)/t18-,22-,24+,26?,27+/m0/s1. The van der Waals surface area contributed by atoms with Crippen LogP contribution in [-0.2, 0) is 25.5 Å². The summed E-state index contributed by atoms with van der Waals surface area (Å²) in [6.45, 7) is 12.0. The van der Waals surface area contributed by atoms with Crippen molar-refractivity contribution in [2.24, 2.45) is 11.8 Å². The summed E-state index contributed by atoms with van der Waals surface area (Å²) >= 11 is 1.22. The number of nitrogens with two attached hydrogens (primary N) is 1. The number of carboxylic acids is 1. The van der Waals surface area contributed by atoms with Crippen molar-refractivity contribution in [3.05, 3.63) is 45.4 Å². The topological polar surface area (TPSA) is 152 Å². The summed E-state index contributed by atoms with van der Waals surface area (Å²) in [7, 11) is 0. The van der Waals surface area contributed by atoms with Crippen LogP contribution >= 0.6 is 11.3 Å². The monoisotopic (exact) mass is 600 g/mol. The van der Waals surface area contributed by atoms with Crippen LogP contribution in [0.4, 0.5) is 5.69 Å². The van der Waals surface area contributed by atoms with Crippen molar-refractivity contribution in [2.45, 2.75) is 97.8 Å². The minimum absolute atomic E-state index is 0.0720. The van der Waals surface area contributed by atoms with Gasteiger partial charge >= 0.3 is 11.9 Å². The first kappa shape index (κ1) is 33.0. The van der Waals surface area contributed by atoms with Crippen LogP contribution in [-0.4, -0.2) is 57.4 Å². The maximum atomic E-state index is 13.2. The smallest absolute Gasteiger partial charge is 0.311 e. The van der Waals surface area contributed by atoms with Crippen LogP contribution in [0.5, 0.6) is 0 Å². The van der Waals surface area contributed by atoms with E-state index < -0.39 is 35.9 Å². The number of aliphatic carboxylic acids is 1. The average molecular weight is 601 g/mol. The van der Waals surface area contributed by atoms with E-state index in [0.29, 0.717) is 42.1 Å². The predicted molar refractivity (Wildman–Crippen MR) is 162 cm³/mol. The lowest BCUT2D eigenvalue weighted by Gasteiger charge is -2.36. The maximum absolute atomic E-state index is 13.2. The van der Waals surface area contributed by atoms with Crippen molar-refractivity contribution in [1.29, 1.82) is 0 Å². The quantitative estimate of drug-likeness (QED) is 0.216. The van der Waals surface area contributed by atoms with Crippen LogP contribution in [0.25, 0.3) is 0 Å². The van der Waals surface area contributed by atoms with E-state index in [4.69, 9.17) is 10.5 Å². The highest BCUT2D eigenvalue weighted by atomic mass is 32.1. The second-order valence-electron chi connectivity index (χ2n) is 11.6. The molecule has 2 aromatic rings. The molecular formula is C31H44N4O6S. The molecular weight excluding hydrogens is 556 g/mol. The number of carbonyl (C=O) groups is 4. The molecule has 1 unspecified atom stereocenters. The van der Waals surface area contributed by atoms with Crippen molar-refractivity contribution < 1.29 is 29.0 Å². The van der Waals surface area contributed by atoms with Gasteiger partial charge in [0.15, 0.2) is 6.10 Å². The Morgan fingerprint density at radius 3 is 2.52 bits per heavy atom. The molecule has 1 aliphatic carbocycles. The van der Waals surface area contributed by atoms with E-state index >= 15 is 0 Å². The summed E-state index contributed by atoms with van der Waals surface area (Å²) in [5.74, 6) is -2.21. The summed E-state index contributed by atoms with van der Waals surface area (Å²) in [5.41, 5.74) is 8.07. The SMILES string of the molecule is CC[C@H](C)CC(=O)N(CC)C(C[C@@H](OC(C)=O)c1nc(C(=O)N[C@H]2Cc3ccc(N)cc3[C@H](C(=O)O)C2)cs1)C(C)C. The second kappa shape index (κ2) is 14.6. The fourth-order valence-electron chi connectivity index (χ4n) is 5.56. The molecule has 10 nitrogen and oxygen atoms in total. The highest BCUT2D eigenvalue weighted by Crippen LogP contribution is 2.34. The number of esters is 1. The molecule has 5 atom stereocenters. The Hall–Kier alpha value is -3.47. The van der Waals surface area contributed by atoms with Crippen molar-refractivity contribution >= 4 is 40.8 Å². The summed E-state index contributed by atoms with van der Waals surface area (Å²) in [6, 6.07) is 4.63. The molecule has 11 heteroatoms. The molecule has 0 saturated carbocycles. The van der Waals surface area contributed by atoms with Gasteiger partial charge in [-0.25, -0.2) is 4.98 Å². The van der Waals surface area contributed by atoms with E-state index in [1.807, 2.05) is 31.7 Å². The molecule has 1 aromatic heterocycles. The number of fused-ring (bicyclic) bond motifs is 1. The van der Waals surface area contributed by atoms with Crippen molar-refractivity contribution in [1.82, 2.24) is 15.2 Å². The van der Waals surface area contributed by atoms with Gasteiger partial charge in [0.25, 0.3) is 5.91 Å². The molecule has 0 spiro atoms. The highest BCUT2D eigenvalue weighted by Gasteiger charge is 2.34. The molecule has 0 saturated heterocycles. The molecule has 0 fully saturated rings. The number of aromatic nitrogens is 1. The van der Waals surface area contributed by atoms with E-state index in [1.165, 1.54) is 18.3 Å². The van der Waals surface area contributed by atoms with Crippen molar-refractivity contribution in [2.75, 3.05) is 12.3 Å². The highest BCUT2D eigenvalue weighted by molar-refractivity contribution is 7.09. The largest absolute Gasteiger partial charge is 0.481 e. The first-order valence-electron chi connectivity index (χ1n) is 14.7. The number of carbonyl (C=O) groups excluding carboxylic acids is 3. The van der Waals surface area contributed by atoms with Gasteiger partial charge in [-0.3, -0.25) is 19.2 Å². The van der Waals surface area contributed by atoms with Gasteiger partial charge in [0.1, 0.15) is 10.7 Å². The Morgan fingerprint density at radius 2 is 1.93 bits per heavy atom. The van der Waals surface area contributed by atoms with Gasteiger partial charge in [-0.15, -0.1) is 11.3 Å². The summed E-state index contributed by atoms with van der Waals surface area (Å²) in [4.78, 5) is 56.9. The number of nitrogen functional groups attached to an aromatic ring is 1. The van der Waals surface area contributed by atoms with E-state index in [0.717, 1.165) is 12.0 Å². The van der Waals surface area contributed by atoms with Gasteiger partial charge < -0.3 is 25.8 Å². The first-order valence-corrected chi connectivity index (χ1v) is 15.6. The summed E-state index contributed by atoms with van der Waals surface area (Å²) < 4.78 is 5.69. The van der Waals surface area contributed by atoms with Gasteiger partial charge in [0.05, 0.1) is 5.92 Å². The molecule has 2 amide bonds. The molecule has 0 radical (unpaired) electrons. The second-order valence-corrected chi connectivity index (χ2v) is 12.5. The fraction of sp³-hybridized carbons (Fsp3) is 0.581. The third-order valence-corrected chi connectivity index (χ3v) is 8.95. The van der Waals surface area contributed by atoms with Crippen molar-refractivity contribution in [3.63, 3.8) is 0 Å². The number of nitrogens with zero attached hydrogens (tertiary/aromatic N) is 2. The lowest BCUT2D eigenvalue weighted by Crippen LogP contribution is -2.44. The summed E-state index contributed by atoms with van der Waals surface area (Å²) in [6.07, 6.45) is 1.71. The minimum Gasteiger partial charge on any atom is -0.481 e. The molecule has 230 valence electrons. The van der Waals surface area contributed by atoms with Crippen LogP contribution < -0.4 is 11.1 Å². The number of nitrogens with one attached hydrogen (secondary N) is 1. The van der Waals surface area contributed by atoms with Gasteiger partial charge in [0.2, 0.25) is 5.91 Å². The zero-order valence-corrected chi connectivity index (χ0v) is 26.2. The molecule has 4 N–H and O–H groups in total. The van der Waals surface area contributed by atoms with Crippen LogP contribution in [0.1, 0.15) is 106 Å². The number of benzene rings is 1. The zero-order chi connectivity index (χ0) is 31.1. The number of amides is 2. The van der Waals surface area contributed by atoms with E-state index in [9.17, 15) is 24.3 Å². The minimum atomic E-state index is -0.968. The number of thiazole rings is 1. The summed E-state index contributed by atoms with van der Waals surface area (Å²) in [5, 5.41) is 14.8. The Bertz CT molecular complexity index is 1280. The molecule has 1 heterocycles. The molecule has 42 heavy (non-hydrogen) atoms. The molecule has 0 aliphatic heterocycles. The van der Waals surface area contributed by atoms with Gasteiger partial charge in [-0.1, -0.05) is 40.2 Å². The third kappa shape index (κ3) is 8.30. The number of anilines is 1. The van der Waals surface area contributed by atoms with Gasteiger partial charge in [0, 0.05) is 49.5 Å². The Kier molecular flexibility index (Phi) is 11.5. The number of carboxylic acid groups (broad SMARTS) is 1. The Labute approximate surface area is 252 Å². The molecule has 1 aromatic carbocycles. The molecule has 0 bridgehead atoms. The predicted octanol–water partition coefficient (Wildman–Crippen LogP) is 4.94. The number of rotatable bonds is 13. The lowest BCUT2D eigenvalue weighted by molar-refractivity contribution is -0.148. The van der Waals surface area contributed by atoms with Gasteiger partial charge in [-0.05, 0) is 54.9 Å². The van der Waals surface area contributed by atoms with Crippen molar-refractivity contribution in [3.8, 4) is 0 Å². The maximum Gasteiger partial charge on any atom is 0.311 e. The molecule has 1 aliphatic rings. The zero-order valence-electron chi connectivity index (χ0n) is 25.4. The lowest BCUT2D eigenvalue weighted by atomic mass is 9.80. The normalized spacial score (nSPS) is 18.5. The number of hydrogen-bond donors (Lipinski definition) is 3. The Balaban J connectivity index is 1.78. The van der Waals surface area contributed by atoms with Crippen LogP contribution in [0.2, 0.25) is 0 Å². The number of ether oxygens (including phenoxy) is 1. The third-order valence-electron chi connectivity index (χ3n) is 8.01. The van der Waals surface area contributed by atoms with Gasteiger partial charge in [-0.2, -0.15) is 0 Å². The van der Waals surface area contributed by atoms with E-state index in [1.54, 1.807) is 17.5 Å². The average Bonchev–Trinajstić information content (AvgIpc) is 3.42. The fourth-order valence-corrected chi connectivity index (χ4v) is 6.40. The van der Waals surface area contributed by atoms with Crippen LogP contribution in [0.3, 0.4) is 0 Å². The van der Waals surface area contributed by atoms with E-state index in [2.05, 4.69) is 24.1 Å². The van der Waals surface area contributed by atoms with Crippen LogP contribution in [0, 0.1) is 11.8 Å².